The molecule has 1 amide bonds. The van der Waals surface area contributed by atoms with E-state index in [4.69, 9.17) is 9.57 Å². The van der Waals surface area contributed by atoms with Crippen LogP contribution in [0.5, 0.6) is 0 Å². The number of nitrogens with one attached hydrogen (secondary N) is 1. The third-order valence-corrected chi connectivity index (χ3v) is 7.01. The molecule has 42 heavy (non-hydrogen) atoms. The fourth-order valence-electron chi connectivity index (χ4n) is 3.36. The van der Waals surface area contributed by atoms with Gasteiger partial charge in [-0.05, 0) is 58.0 Å². The first-order valence-corrected chi connectivity index (χ1v) is 13.8. The van der Waals surface area contributed by atoms with E-state index in [1.54, 1.807) is 45.0 Å². The number of likely N-dealkylation sites (N-methyl/N-ethyl adjacent to an activating group) is 1. The van der Waals surface area contributed by atoms with Crippen LogP contribution in [0.15, 0.2) is 59.5 Å². The number of benzene rings is 2. The maximum atomic E-state index is 13.4. The number of hydrazine groups is 1. The van der Waals surface area contributed by atoms with Crippen molar-refractivity contribution >= 4 is 21.9 Å². The Morgan fingerprint density at radius 3 is 2.19 bits per heavy atom. The van der Waals surface area contributed by atoms with E-state index in [-0.39, 0.29) is 21.6 Å². The Kier molecular flexibility index (Phi) is 9.79. The first-order chi connectivity index (χ1) is 19.4. The van der Waals surface area contributed by atoms with E-state index in [2.05, 4.69) is 5.10 Å². The van der Waals surface area contributed by atoms with Crippen molar-refractivity contribution in [3.63, 3.8) is 0 Å². The lowest BCUT2D eigenvalue weighted by Crippen LogP contribution is -2.45. The molecule has 0 atom stereocenters. The molecule has 0 saturated carbocycles. The maximum absolute atomic E-state index is 13.4. The average Bonchev–Trinajstić information content (AvgIpc) is 3.34. The highest BCUT2D eigenvalue weighted by molar-refractivity contribution is 7.90. The van der Waals surface area contributed by atoms with Crippen LogP contribution in [-0.4, -0.2) is 66.0 Å². The number of amides is 1. The van der Waals surface area contributed by atoms with Gasteiger partial charge in [-0.15, -0.1) is 0 Å². The second-order valence-electron chi connectivity index (χ2n) is 10.2. The summed E-state index contributed by atoms with van der Waals surface area (Å²) in [7, 11) is -3.21. The second-order valence-corrected chi connectivity index (χ2v) is 11.9. The molecule has 1 aromatic heterocycles. The van der Waals surface area contributed by atoms with Gasteiger partial charge in [-0.2, -0.15) is 23.3 Å². The van der Waals surface area contributed by atoms with Crippen LogP contribution in [-0.2, 0) is 35.4 Å². The Labute approximate surface area is 240 Å². The first-order valence-electron chi connectivity index (χ1n) is 12.3. The third kappa shape index (κ3) is 8.36. The predicted octanol–water partition coefficient (Wildman–Crippen LogP) is 3.69. The number of sulfonamides is 1. The van der Waals surface area contributed by atoms with Crippen LogP contribution in [0.4, 0.5) is 13.2 Å². The molecule has 0 aliphatic heterocycles. The number of esters is 1. The fraction of sp³-hybridized carbons (Fsp3) is 0.346. The molecule has 16 heteroatoms. The van der Waals surface area contributed by atoms with E-state index >= 15 is 0 Å². The lowest BCUT2D eigenvalue weighted by molar-refractivity contribution is -0.448. The number of carbonyl (C=O) groups is 2. The van der Waals surface area contributed by atoms with Crippen LogP contribution < -0.4 is 4.72 Å². The number of alkyl halides is 3. The summed E-state index contributed by atoms with van der Waals surface area (Å²) < 4.78 is 73.5. The molecule has 0 radical (unpaired) electrons. The van der Waals surface area contributed by atoms with Gasteiger partial charge in [-0.25, -0.2) is 22.7 Å². The van der Waals surface area contributed by atoms with Crippen molar-refractivity contribution in [2.24, 2.45) is 5.41 Å². The molecule has 228 valence electrons. The van der Waals surface area contributed by atoms with Crippen molar-refractivity contribution in [3.05, 3.63) is 65.9 Å². The Morgan fingerprint density at radius 2 is 1.64 bits per heavy atom. The number of carbonyl (C=O) groups excluding carboxylic acids is 2. The summed E-state index contributed by atoms with van der Waals surface area (Å²) in [5.41, 5.74) is -0.282. The normalized spacial score (nSPS) is 12.5. The zero-order valence-electron chi connectivity index (χ0n) is 23.3. The molecule has 0 bridgehead atoms. The molecule has 2 N–H and O–H groups in total. The van der Waals surface area contributed by atoms with E-state index in [0.29, 0.717) is 5.56 Å². The molecule has 0 fully saturated rings. The number of aromatic nitrogens is 2. The monoisotopic (exact) mass is 613 g/mol. The summed E-state index contributed by atoms with van der Waals surface area (Å²) >= 11 is 0. The number of aryl methyl sites for hydroxylation is 1. The second kappa shape index (κ2) is 12.6. The number of rotatable bonds is 10. The standard InChI is InChI=1S/C26H30F3N5O7S/c1-17-6-8-18(9-7-17)21-14-22(26(27,28)29)30-33(21)19-10-12-20(13-11-19)42(38,39)31-23(35)15-32(5)34(37)41-16-40-24(36)25(2,3)4/h6-14,37H,15-16H2,1-5H3,(H,31,35). The van der Waals surface area contributed by atoms with Gasteiger partial charge in [0.1, 0.15) is 0 Å². The Hall–Kier alpha value is -3.83. The highest BCUT2D eigenvalue weighted by Gasteiger charge is 2.35. The predicted molar refractivity (Wildman–Crippen MR) is 142 cm³/mol. The van der Waals surface area contributed by atoms with Crippen molar-refractivity contribution < 1.29 is 46.0 Å². The van der Waals surface area contributed by atoms with Crippen LogP contribution >= 0.6 is 0 Å². The Bertz CT molecular complexity index is 1520. The minimum atomic E-state index is -4.71. The minimum Gasteiger partial charge on any atom is -0.436 e. The van der Waals surface area contributed by atoms with Crippen LogP contribution in [0.25, 0.3) is 16.9 Å². The molecular formula is C26H30F3N5O7S. The van der Waals surface area contributed by atoms with Gasteiger partial charge in [-0.1, -0.05) is 29.8 Å². The molecule has 0 aliphatic rings. The number of halogens is 3. The first kappa shape index (κ1) is 32.7. The van der Waals surface area contributed by atoms with E-state index in [1.165, 1.54) is 19.2 Å². The highest BCUT2D eigenvalue weighted by atomic mass is 32.2. The number of ether oxygens (including phenoxy) is 1. The molecule has 3 aromatic rings. The SMILES string of the molecule is Cc1ccc(-c2cc(C(F)(F)F)nn2-c2ccc(S(=O)(=O)NC(=O)CN(C)N(O)OCOC(=O)C(C)(C)C)cc2)cc1. The largest absolute Gasteiger partial charge is 0.436 e. The van der Waals surface area contributed by atoms with Crippen molar-refractivity contribution in [3.8, 4) is 16.9 Å². The van der Waals surface area contributed by atoms with Crippen molar-refractivity contribution in [2.45, 2.75) is 38.8 Å². The summed E-state index contributed by atoms with van der Waals surface area (Å²) in [6, 6.07) is 12.4. The lowest BCUT2D eigenvalue weighted by atomic mass is 9.98. The summed E-state index contributed by atoms with van der Waals surface area (Å²) in [5, 5.41) is 14.4. The molecule has 0 saturated heterocycles. The summed E-state index contributed by atoms with van der Waals surface area (Å²) in [6.07, 6.45) is -4.71. The summed E-state index contributed by atoms with van der Waals surface area (Å²) in [5.74, 6) is -1.66. The van der Waals surface area contributed by atoms with Crippen molar-refractivity contribution in [2.75, 3.05) is 20.4 Å². The van der Waals surface area contributed by atoms with Crippen LogP contribution in [0.1, 0.15) is 32.0 Å². The third-order valence-electron chi connectivity index (χ3n) is 5.62. The highest BCUT2D eigenvalue weighted by Crippen LogP contribution is 2.33. The van der Waals surface area contributed by atoms with Gasteiger partial charge in [0, 0.05) is 17.9 Å². The number of nitrogens with zero attached hydrogens (tertiary/aromatic N) is 4. The van der Waals surface area contributed by atoms with Crippen molar-refractivity contribution in [1.82, 2.24) is 24.8 Å². The van der Waals surface area contributed by atoms with Gasteiger partial charge in [0.2, 0.25) is 12.7 Å². The van der Waals surface area contributed by atoms with Crippen LogP contribution in [0, 0.1) is 12.3 Å². The zero-order chi connectivity index (χ0) is 31.5. The maximum Gasteiger partial charge on any atom is 0.435 e. The average molecular weight is 614 g/mol. The summed E-state index contributed by atoms with van der Waals surface area (Å²) in [4.78, 5) is 28.5. The lowest BCUT2D eigenvalue weighted by Gasteiger charge is -2.24. The van der Waals surface area contributed by atoms with Crippen molar-refractivity contribution in [1.29, 1.82) is 0 Å². The topological polar surface area (TPSA) is 143 Å². The summed E-state index contributed by atoms with van der Waals surface area (Å²) in [6.45, 7) is 5.31. The quantitative estimate of drug-likeness (QED) is 0.197. The van der Waals surface area contributed by atoms with Gasteiger partial charge >= 0.3 is 12.1 Å². The Balaban J connectivity index is 1.70. The Morgan fingerprint density at radius 1 is 1.05 bits per heavy atom. The van der Waals surface area contributed by atoms with Crippen LogP contribution in [0.2, 0.25) is 0 Å². The van der Waals surface area contributed by atoms with E-state index in [9.17, 15) is 36.4 Å². The van der Waals surface area contributed by atoms with Gasteiger partial charge in [0.15, 0.2) is 5.69 Å². The molecule has 3 rings (SSSR count). The van der Waals surface area contributed by atoms with Gasteiger partial charge in [0.25, 0.3) is 10.0 Å². The van der Waals surface area contributed by atoms with Gasteiger partial charge in [-0.3, -0.25) is 14.8 Å². The molecule has 12 nitrogen and oxygen atoms in total. The van der Waals surface area contributed by atoms with E-state index in [0.717, 1.165) is 33.5 Å². The molecule has 1 heterocycles. The van der Waals surface area contributed by atoms with Crippen LogP contribution in [0.3, 0.4) is 0 Å². The number of hydrogen-bond acceptors (Lipinski definition) is 10. The van der Waals surface area contributed by atoms with E-state index in [1.807, 2.05) is 11.6 Å². The minimum absolute atomic E-state index is 0.0991. The smallest absolute Gasteiger partial charge is 0.435 e. The molecule has 0 spiro atoms. The van der Waals surface area contributed by atoms with Gasteiger partial charge < -0.3 is 4.74 Å². The van der Waals surface area contributed by atoms with E-state index < -0.39 is 52.5 Å². The molecule has 0 aliphatic carbocycles. The zero-order valence-corrected chi connectivity index (χ0v) is 24.2. The molecular weight excluding hydrogens is 583 g/mol. The van der Waals surface area contributed by atoms with Gasteiger partial charge in [0.05, 0.1) is 28.2 Å². The molecule has 2 aromatic carbocycles. The fourth-order valence-corrected chi connectivity index (χ4v) is 4.34. The number of hydrogen-bond donors (Lipinski definition) is 2. The molecule has 0 unspecified atom stereocenters.